The maximum absolute atomic E-state index is 14.2. The summed E-state index contributed by atoms with van der Waals surface area (Å²) in [5.74, 6) is 0.947. The Morgan fingerprint density at radius 1 is 0.645 bits per heavy atom. The van der Waals surface area contributed by atoms with Crippen LogP contribution in [-0.2, 0) is 19.1 Å². The number of carbonyl (C=O) groups excluding carboxylic acids is 4. The molecule has 4 amide bonds. The van der Waals surface area contributed by atoms with Gasteiger partial charge in [-0.1, -0.05) is 109 Å². The number of carbonyl (C=O) groups is 4. The zero-order valence-corrected chi connectivity index (χ0v) is 35.4. The first-order valence-corrected chi connectivity index (χ1v) is 21.8. The lowest BCUT2D eigenvalue weighted by Crippen LogP contribution is -2.43. The second kappa shape index (κ2) is 18.8. The Balaban J connectivity index is 0.943. The number of methoxy groups -OCH3 is 2. The molecule has 5 atom stereocenters. The fraction of sp³-hybridized carbons (Fsp3) is 0.277. The van der Waals surface area contributed by atoms with Gasteiger partial charge in [0.05, 0.1) is 50.1 Å². The minimum absolute atomic E-state index is 0.206. The smallest absolute Gasteiger partial charge is 0.407 e. The van der Waals surface area contributed by atoms with E-state index in [1.807, 2.05) is 96.1 Å². The molecule has 0 unspecified atom stereocenters. The summed E-state index contributed by atoms with van der Waals surface area (Å²) in [7, 11) is 2.56. The Hall–Kier alpha value is -6.87. The van der Waals surface area contributed by atoms with Gasteiger partial charge in [-0.3, -0.25) is 9.59 Å². The van der Waals surface area contributed by atoms with Gasteiger partial charge in [0.1, 0.15) is 23.7 Å². The largest absolute Gasteiger partial charge is 0.453 e. The molecule has 2 aliphatic rings. The number of thioether (sulfide) groups is 1. The highest BCUT2D eigenvalue weighted by Gasteiger charge is 2.41. The molecule has 0 spiro atoms. The number of benzene rings is 4. The molecule has 4 heterocycles. The summed E-state index contributed by atoms with van der Waals surface area (Å²) in [6, 6.07) is 32.5. The van der Waals surface area contributed by atoms with Crippen LogP contribution in [0.1, 0.15) is 66.2 Å². The molecule has 8 rings (SSSR count). The minimum Gasteiger partial charge on any atom is -0.453 e. The number of aromatic nitrogens is 4. The number of hydrogen-bond donors (Lipinski definition) is 4. The van der Waals surface area contributed by atoms with E-state index in [-0.39, 0.29) is 29.1 Å². The number of H-pyrrole nitrogens is 2. The monoisotopic (exact) mass is 852 g/mol. The topological polar surface area (TPSA) is 175 Å². The van der Waals surface area contributed by atoms with Gasteiger partial charge in [-0.05, 0) is 58.9 Å². The number of nitrogens with zero attached hydrogens (tertiary/aromatic N) is 4. The average molecular weight is 853 g/mol. The Labute approximate surface area is 363 Å². The summed E-state index contributed by atoms with van der Waals surface area (Å²) in [5.41, 5.74) is 7.02. The number of aromatic amines is 2. The van der Waals surface area contributed by atoms with Crippen LogP contribution in [0.2, 0.25) is 0 Å². The summed E-state index contributed by atoms with van der Waals surface area (Å²) in [5, 5.41) is 5.66. The molecule has 15 heteroatoms. The van der Waals surface area contributed by atoms with Crippen LogP contribution in [0.5, 0.6) is 0 Å². The molecular formula is C47H48N8O6S. The van der Waals surface area contributed by atoms with Gasteiger partial charge in [-0.2, -0.15) is 11.8 Å². The number of hydrogen-bond acceptors (Lipinski definition) is 9. The van der Waals surface area contributed by atoms with Gasteiger partial charge in [-0.15, -0.1) is 0 Å². The number of rotatable bonds is 12. The standard InChI is InChI=1S/C47H48N8O6S/c1-60-46(58)52-40(33-11-6-4-7-12-33)44(56)54-24-10-15-38(54)42-48-26-36(50-42)31-20-16-29(17-21-31)30-18-22-32(23-19-30)37-27-49-43(51-37)39-25-35(62-3)28-55(39)45(57)41(53-47(59)61-2)34-13-8-5-9-14-34/h4-9,11-14,16-23,26-27,35,38-41H,10,15,24-25,28H2,1-3H3,(H,48,50)(H,49,51)(H,52,58)(H,53,59)/t35-,38-,39-,40-,41-/m0/s1. The highest BCUT2D eigenvalue weighted by atomic mass is 32.2. The van der Waals surface area contributed by atoms with Gasteiger partial charge in [-0.25, -0.2) is 19.6 Å². The van der Waals surface area contributed by atoms with Crippen molar-refractivity contribution in [3.8, 4) is 33.6 Å². The first kappa shape index (κ1) is 41.8. The van der Waals surface area contributed by atoms with Crippen molar-refractivity contribution in [2.45, 2.75) is 48.7 Å². The van der Waals surface area contributed by atoms with Crippen LogP contribution in [0.15, 0.2) is 122 Å². The van der Waals surface area contributed by atoms with Crippen molar-refractivity contribution in [1.82, 2.24) is 40.4 Å². The van der Waals surface area contributed by atoms with E-state index in [1.54, 1.807) is 29.1 Å². The summed E-state index contributed by atoms with van der Waals surface area (Å²) >= 11 is 1.71. The molecule has 62 heavy (non-hydrogen) atoms. The van der Waals surface area contributed by atoms with Crippen LogP contribution in [0, 0.1) is 0 Å². The van der Waals surface area contributed by atoms with Crippen LogP contribution in [0.3, 0.4) is 0 Å². The van der Waals surface area contributed by atoms with Gasteiger partial charge in [0.15, 0.2) is 0 Å². The zero-order valence-electron chi connectivity index (χ0n) is 34.6. The van der Waals surface area contributed by atoms with Crippen molar-refractivity contribution in [1.29, 1.82) is 0 Å². The molecule has 318 valence electrons. The molecule has 2 saturated heterocycles. The Kier molecular flexibility index (Phi) is 12.7. The second-order valence-electron chi connectivity index (χ2n) is 15.3. The fourth-order valence-electron chi connectivity index (χ4n) is 8.33. The third kappa shape index (κ3) is 8.93. The fourth-order valence-corrected chi connectivity index (χ4v) is 9.01. The van der Waals surface area contributed by atoms with Crippen molar-refractivity contribution in [3.05, 3.63) is 144 Å². The number of ether oxygens (including phenoxy) is 2. The number of likely N-dealkylation sites (tertiary alicyclic amines) is 2. The van der Waals surface area contributed by atoms with E-state index in [9.17, 15) is 19.2 Å². The predicted molar refractivity (Wildman–Crippen MR) is 237 cm³/mol. The summed E-state index contributed by atoms with van der Waals surface area (Å²) in [6.07, 6.45) is 6.57. The van der Waals surface area contributed by atoms with Crippen molar-refractivity contribution >= 4 is 35.8 Å². The summed E-state index contributed by atoms with van der Waals surface area (Å²) in [4.78, 5) is 72.6. The van der Waals surface area contributed by atoms with Crippen molar-refractivity contribution in [3.63, 3.8) is 0 Å². The highest BCUT2D eigenvalue weighted by Crippen LogP contribution is 2.39. The van der Waals surface area contributed by atoms with Crippen LogP contribution in [0.25, 0.3) is 33.6 Å². The lowest BCUT2D eigenvalue weighted by molar-refractivity contribution is -0.135. The van der Waals surface area contributed by atoms with Crippen LogP contribution < -0.4 is 10.6 Å². The van der Waals surface area contributed by atoms with Gasteiger partial charge in [0.2, 0.25) is 0 Å². The number of alkyl carbamates (subject to hydrolysis) is 2. The quantitative estimate of drug-likeness (QED) is 0.0951. The predicted octanol–water partition coefficient (Wildman–Crippen LogP) is 8.00. The average Bonchev–Trinajstić information content (AvgIpc) is 4.17. The van der Waals surface area contributed by atoms with E-state index < -0.39 is 24.3 Å². The van der Waals surface area contributed by atoms with Gasteiger partial charge < -0.3 is 39.9 Å². The molecule has 4 N–H and O–H groups in total. The third-order valence-electron chi connectivity index (χ3n) is 11.6. The molecule has 4 aromatic carbocycles. The summed E-state index contributed by atoms with van der Waals surface area (Å²) < 4.78 is 9.70. The zero-order chi connectivity index (χ0) is 43.2. The molecule has 0 aliphatic carbocycles. The van der Waals surface area contributed by atoms with E-state index in [0.29, 0.717) is 35.9 Å². The van der Waals surface area contributed by atoms with Crippen LogP contribution in [-0.4, -0.2) is 92.6 Å². The van der Waals surface area contributed by atoms with Crippen molar-refractivity contribution in [2.75, 3.05) is 33.6 Å². The van der Waals surface area contributed by atoms with E-state index in [1.165, 1.54) is 14.2 Å². The van der Waals surface area contributed by atoms with Gasteiger partial charge >= 0.3 is 12.2 Å². The Morgan fingerprint density at radius 3 is 1.56 bits per heavy atom. The number of nitrogens with one attached hydrogen (secondary N) is 4. The normalized spacial score (nSPS) is 18.2. The SMILES string of the molecule is COC(=O)N[C@H](C(=O)N1CCC[C@H]1c1ncc(-c2ccc(-c3ccc(-c4cnc([C@@H]5C[C@H](SC)CN5C(=O)[C@@H](NC(=O)OC)c5ccccc5)[nH]4)cc3)cc2)[nH]1)c1ccccc1. The molecule has 2 aromatic heterocycles. The lowest BCUT2D eigenvalue weighted by atomic mass is 10.0. The molecule has 14 nitrogen and oxygen atoms in total. The maximum Gasteiger partial charge on any atom is 0.407 e. The van der Waals surface area contributed by atoms with Crippen molar-refractivity contribution < 1.29 is 28.7 Å². The Bertz CT molecular complexity index is 2500. The first-order valence-electron chi connectivity index (χ1n) is 20.5. The molecule has 6 aromatic rings. The van der Waals surface area contributed by atoms with Crippen LogP contribution >= 0.6 is 11.8 Å². The van der Waals surface area contributed by atoms with Gasteiger partial charge in [0.25, 0.3) is 11.8 Å². The van der Waals surface area contributed by atoms with Crippen LogP contribution in [0.4, 0.5) is 9.59 Å². The lowest BCUT2D eigenvalue weighted by Gasteiger charge is -2.28. The molecule has 0 radical (unpaired) electrons. The Morgan fingerprint density at radius 2 is 1.10 bits per heavy atom. The number of amides is 4. The molecular weight excluding hydrogens is 805 g/mol. The van der Waals surface area contributed by atoms with Gasteiger partial charge in [0, 0.05) is 18.3 Å². The van der Waals surface area contributed by atoms with Crippen molar-refractivity contribution in [2.24, 2.45) is 0 Å². The maximum atomic E-state index is 14.2. The van der Waals surface area contributed by atoms with E-state index in [4.69, 9.17) is 19.4 Å². The second-order valence-corrected chi connectivity index (χ2v) is 16.4. The molecule has 2 fully saturated rings. The molecule has 2 aliphatic heterocycles. The highest BCUT2D eigenvalue weighted by molar-refractivity contribution is 7.99. The van der Waals surface area contributed by atoms with E-state index >= 15 is 0 Å². The van der Waals surface area contributed by atoms with E-state index in [0.717, 1.165) is 52.9 Å². The van der Waals surface area contributed by atoms with E-state index in [2.05, 4.69) is 44.9 Å². The number of imidazole rings is 2. The first-order chi connectivity index (χ1) is 30.2. The molecule has 0 saturated carbocycles. The summed E-state index contributed by atoms with van der Waals surface area (Å²) in [6.45, 7) is 1.07. The molecule has 0 bridgehead atoms. The third-order valence-corrected chi connectivity index (χ3v) is 12.6. The minimum atomic E-state index is -0.905.